The second kappa shape index (κ2) is 7.17. The molecule has 5 aromatic rings. The summed E-state index contributed by atoms with van der Waals surface area (Å²) in [7, 11) is 1.60. The number of aromatic amines is 2. The molecule has 0 atom stereocenters. The van der Waals surface area contributed by atoms with Gasteiger partial charge in [-0.2, -0.15) is 0 Å². The van der Waals surface area contributed by atoms with Gasteiger partial charge in [0.15, 0.2) is 0 Å². The molecule has 0 aliphatic rings. The Morgan fingerprint density at radius 1 is 1.00 bits per heavy atom. The third-order valence-corrected chi connectivity index (χ3v) is 5.31. The number of imidazole rings is 1. The number of nitrogens with one attached hydrogen (secondary N) is 2. The lowest BCUT2D eigenvalue weighted by Gasteiger charge is -2.11. The highest BCUT2D eigenvalue weighted by molar-refractivity contribution is 6.30. The standard InChI is InChI=1S/C22H17ClN6O2/c1-10-6-17(31-3)14(9-25-10)20-12-7-13(22(30)28-15(12)4-5-24-20)21-27-16-8-18(23)26-11(2)19(16)29-21/h4-9H,1-3H3,(H,27,29)(H,28,30). The summed E-state index contributed by atoms with van der Waals surface area (Å²) in [6.45, 7) is 3.71. The van der Waals surface area contributed by atoms with Crippen LogP contribution in [-0.2, 0) is 0 Å². The van der Waals surface area contributed by atoms with Crippen molar-refractivity contribution in [2.75, 3.05) is 7.11 Å². The first kappa shape index (κ1) is 19.2. The molecular formula is C22H17ClN6O2. The zero-order valence-electron chi connectivity index (χ0n) is 16.9. The van der Waals surface area contributed by atoms with Gasteiger partial charge < -0.3 is 14.7 Å². The van der Waals surface area contributed by atoms with Crippen molar-refractivity contribution >= 4 is 33.5 Å². The first-order valence-corrected chi connectivity index (χ1v) is 9.88. The third-order valence-electron chi connectivity index (χ3n) is 5.12. The summed E-state index contributed by atoms with van der Waals surface area (Å²) in [4.78, 5) is 36.7. The summed E-state index contributed by atoms with van der Waals surface area (Å²) in [5.41, 5.74) is 5.03. The Bertz CT molecular complexity index is 1540. The van der Waals surface area contributed by atoms with Gasteiger partial charge in [0.05, 0.1) is 40.7 Å². The molecule has 0 aliphatic heterocycles. The molecule has 31 heavy (non-hydrogen) atoms. The Kier molecular flexibility index (Phi) is 4.44. The molecule has 0 fully saturated rings. The maximum Gasteiger partial charge on any atom is 0.259 e. The Labute approximate surface area is 181 Å². The largest absolute Gasteiger partial charge is 0.496 e. The molecule has 5 aromatic heterocycles. The predicted octanol–water partition coefficient (Wildman–Crippen LogP) is 4.20. The molecule has 0 amide bonds. The monoisotopic (exact) mass is 432 g/mol. The van der Waals surface area contributed by atoms with E-state index in [0.717, 1.165) is 16.6 Å². The highest BCUT2D eigenvalue weighted by Gasteiger charge is 2.17. The smallest absolute Gasteiger partial charge is 0.259 e. The first-order valence-electron chi connectivity index (χ1n) is 9.51. The van der Waals surface area contributed by atoms with Crippen molar-refractivity contribution < 1.29 is 4.74 Å². The molecular weight excluding hydrogens is 416 g/mol. The van der Waals surface area contributed by atoms with Crippen LogP contribution in [0.25, 0.3) is 44.6 Å². The van der Waals surface area contributed by atoms with Crippen LogP contribution in [0.5, 0.6) is 5.75 Å². The minimum absolute atomic E-state index is 0.269. The van der Waals surface area contributed by atoms with Crippen molar-refractivity contribution in [1.29, 1.82) is 0 Å². The molecule has 0 unspecified atom stereocenters. The summed E-state index contributed by atoms with van der Waals surface area (Å²) in [5.74, 6) is 1.08. The molecule has 0 bridgehead atoms. The predicted molar refractivity (Wildman–Crippen MR) is 120 cm³/mol. The second-order valence-corrected chi connectivity index (χ2v) is 7.56. The number of nitrogens with zero attached hydrogens (tertiary/aromatic N) is 4. The fraction of sp³-hybridized carbons (Fsp3) is 0.136. The zero-order chi connectivity index (χ0) is 21.7. The van der Waals surface area contributed by atoms with Gasteiger partial charge in [-0.25, -0.2) is 9.97 Å². The Balaban J connectivity index is 1.77. The van der Waals surface area contributed by atoms with Gasteiger partial charge in [-0.1, -0.05) is 11.6 Å². The molecule has 8 nitrogen and oxygen atoms in total. The first-order chi connectivity index (χ1) is 14.9. The van der Waals surface area contributed by atoms with Crippen LogP contribution in [0, 0.1) is 13.8 Å². The lowest BCUT2D eigenvalue weighted by Crippen LogP contribution is -2.10. The number of methoxy groups -OCH3 is 1. The molecule has 0 aliphatic carbocycles. The van der Waals surface area contributed by atoms with Gasteiger partial charge >= 0.3 is 0 Å². The molecule has 2 N–H and O–H groups in total. The van der Waals surface area contributed by atoms with Gasteiger partial charge in [0.2, 0.25) is 0 Å². The van der Waals surface area contributed by atoms with Crippen LogP contribution in [0.3, 0.4) is 0 Å². The van der Waals surface area contributed by atoms with Crippen molar-refractivity contribution in [3.8, 4) is 28.4 Å². The fourth-order valence-electron chi connectivity index (χ4n) is 3.66. The van der Waals surface area contributed by atoms with E-state index in [2.05, 4.69) is 29.9 Å². The molecule has 0 saturated carbocycles. The van der Waals surface area contributed by atoms with Gasteiger partial charge in [0, 0.05) is 35.6 Å². The SMILES string of the molecule is COc1cc(C)ncc1-c1nccc2[nH]c(=O)c(-c3nc4c(C)nc(Cl)cc4[nH]3)cc12. The van der Waals surface area contributed by atoms with Gasteiger partial charge in [-0.05, 0) is 26.0 Å². The molecule has 0 radical (unpaired) electrons. The van der Waals surface area contributed by atoms with Crippen LogP contribution in [0.15, 0.2) is 41.5 Å². The van der Waals surface area contributed by atoms with E-state index in [1.807, 2.05) is 19.9 Å². The highest BCUT2D eigenvalue weighted by Crippen LogP contribution is 2.33. The van der Waals surface area contributed by atoms with E-state index in [9.17, 15) is 4.79 Å². The number of halogens is 1. The maximum atomic E-state index is 12.9. The summed E-state index contributed by atoms with van der Waals surface area (Å²) in [5, 5.41) is 1.10. The average Bonchev–Trinajstić information content (AvgIpc) is 3.17. The van der Waals surface area contributed by atoms with E-state index in [1.165, 1.54) is 0 Å². The van der Waals surface area contributed by atoms with Crippen molar-refractivity contribution in [2.45, 2.75) is 13.8 Å². The van der Waals surface area contributed by atoms with Crippen LogP contribution in [0.4, 0.5) is 0 Å². The Morgan fingerprint density at radius 2 is 1.84 bits per heavy atom. The molecule has 5 rings (SSSR count). The molecule has 5 heterocycles. The van der Waals surface area contributed by atoms with Gasteiger partial charge in [0.25, 0.3) is 5.56 Å². The zero-order valence-corrected chi connectivity index (χ0v) is 17.7. The lowest BCUT2D eigenvalue weighted by molar-refractivity contribution is 0.415. The summed E-state index contributed by atoms with van der Waals surface area (Å²) >= 11 is 6.06. The van der Waals surface area contributed by atoms with Crippen LogP contribution in [0.2, 0.25) is 5.15 Å². The highest BCUT2D eigenvalue weighted by atomic mass is 35.5. The molecule has 154 valence electrons. The number of rotatable bonds is 3. The van der Waals surface area contributed by atoms with Crippen LogP contribution in [-0.4, -0.2) is 37.0 Å². The van der Waals surface area contributed by atoms with Crippen molar-refractivity contribution in [3.63, 3.8) is 0 Å². The van der Waals surface area contributed by atoms with E-state index < -0.39 is 0 Å². The van der Waals surface area contributed by atoms with Crippen molar-refractivity contribution in [3.05, 3.63) is 63.6 Å². The van der Waals surface area contributed by atoms with E-state index in [4.69, 9.17) is 16.3 Å². The van der Waals surface area contributed by atoms with Crippen molar-refractivity contribution in [2.24, 2.45) is 0 Å². The Morgan fingerprint density at radius 3 is 2.65 bits per heavy atom. The number of H-pyrrole nitrogens is 2. The van der Waals surface area contributed by atoms with Crippen LogP contribution in [0.1, 0.15) is 11.4 Å². The number of aromatic nitrogens is 6. The lowest BCUT2D eigenvalue weighted by atomic mass is 10.1. The van der Waals surface area contributed by atoms with Crippen LogP contribution < -0.4 is 10.3 Å². The van der Waals surface area contributed by atoms with E-state index >= 15 is 0 Å². The number of hydrogen-bond donors (Lipinski definition) is 2. The number of hydrogen-bond acceptors (Lipinski definition) is 6. The fourth-order valence-corrected chi connectivity index (χ4v) is 3.89. The summed E-state index contributed by atoms with van der Waals surface area (Å²) < 4.78 is 5.54. The minimum atomic E-state index is -0.269. The van der Waals surface area contributed by atoms with E-state index in [1.54, 1.807) is 37.7 Å². The topological polar surface area (TPSA) is 109 Å². The van der Waals surface area contributed by atoms with Gasteiger partial charge in [-0.3, -0.25) is 14.8 Å². The second-order valence-electron chi connectivity index (χ2n) is 7.17. The molecule has 0 aromatic carbocycles. The van der Waals surface area contributed by atoms with E-state index in [0.29, 0.717) is 50.2 Å². The normalized spacial score (nSPS) is 11.4. The van der Waals surface area contributed by atoms with Gasteiger partial charge in [-0.15, -0.1) is 0 Å². The van der Waals surface area contributed by atoms with Crippen molar-refractivity contribution in [1.82, 2.24) is 29.9 Å². The quantitative estimate of drug-likeness (QED) is 0.413. The van der Waals surface area contributed by atoms with Gasteiger partial charge in [0.1, 0.15) is 22.2 Å². The maximum absolute atomic E-state index is 12.9. The summed E-state index contributed by atoms with van der Waals surface area (Å²) in [6, 6.07) is 7.06. The molecule has 0 spiro atoms. The number of fused-ring (bicyclic) bond motifs is 2. The molecule has 9 heteroatoms. The van der Waals surface area contributed by atoms with E-state index in [-0.39, 0.29) is 5.56 Å². The number of pyridine rings is 4. The third kappa shape index (κ3) is 3.21. The number of ether oxygens (including phenoxy) is 1. The average molecular weight is 433 g/mol. The summed E-state index contributed by atoms with van der Waals surface area (Å²) in [6.07, 6.45) is 3.36. The van der Waals surface area contributed by atoms with Crippen LogP contribution >= 0.6 is 11.6 Å². The Hall–Kier alpha value is -3.78. The molecule has 0 saturated heterocycles. The minimum Gasteiger partial charge on any atom is -0.496 e. The number of aryl methyl sites for hydroxylation is 2.